The molecular formula is C14H9F5O2S. The molecule has 0 aliphatic heterocycles. The second-order valence-electron chi connectivity index (χ2n) is 4.02. The summed E-state index contributed by atoms with van der Waals surface area (Å²) in [5.74, 6) is -9.44. The van der Waals surface area contributed by atoms with E-state index in [4.69, 9.17) is 9.47 Å². The third-order valence-corrected chi connectivity index (χ3v) is 3.85. The Morgan fingerprint density at radius 2 is 1.32 bits per heavy atom. The number of hydrogen-bond donors (Lipinski definition) is 0. The van der Waals surface area contributed by atoms with Gasteiger partial charge in [0.25, 0.3) is 0 Å². The number of benzene rings is 2. The van der Waals surface area contributed by atoms with Crippen LogP contribution in [-0.4, -0.2) is 14.2 Å². The summed E-state index contributed by atoms with van der Waals surface area (Å²) in [6.07, 6.45) is 0. The van der Waals surface area contributed by atoms with Crippen LogP contribution in [0.4, 0.5) is 22.0 Å². The summed E-state index contributed by atoms with van der Waals surface area (Å²) in [5.41, 5.74) is 0. The van der Waals surface area contributed by atoms with Gasteiger partial charge in [0.1, 0.15) is 11.5 Å². The van der Waals surface area contributed by atoms with Gasteiger partial charge in [0.05, 0.1) is 24.0 Å². The molecule has 0 aliphatic rings. The third-order valence-electron chi connectivity index (χ3n) is 2.75. The van der Waals surface area contributed by atoms with E-state index >= 15 is 0 Å². The fraction of sp³-hybridized carbons (Fsp3) is 0.143. The molecule has 0 unspecified atom stereocenters. The predicted molar refractivity (Wildman–Crippen MR) is 69.9 cm³/mol. The molecule has 0 amide bonds. The normalized spacial score (nSPS) is 10.7. The van der Waals surface area contributed by atoms with E-state index < -0.39 is 34.0 Å². The van der Waals surface area contributed by atoms with Gasteiger partial charge in [0.2, 0.25) is 5.82 Å². The molecule has 0 saturated heterocycles. The fourth-order valence-corrected chi connectivity index (χ4v) is 2.65. The number of ether oxygens (including phenoxy) is 2. The van der Waals surface area contributed by atoms with E-state index in [9.17, 15) is 22.0 Å². The third kappa shape index (κ3) is 2.83. The molecule has 2 nitrogen and oxygen atoms in total. The van der Waals surface area contributed by atoms with Gasteiger partial charge in [-0.05, 0) is 18.2 Å². The highest BCUT2D eigenvalue weighted by molar-refractivity contribution is 7.99. The Hall–Kier alpha value is -1.96. The van der Waals surface area contributed by atoms with Crippen LogP contribution in [-0.2, 0) is 0 Å². The van der Waals surface area contributed by atoms with Crippen LogP contribution in [0.5, 0.6) is 11.5 Å². The summed E-state index contributed by atoms with van der Waals surface area (Å²) in [4.78, 5) is -0.868. The van der Waals surface area contributed by atoms with Crippen molar-refractivity contribution in [1.82, 2.24) is 0 Å². The smallest absolute Gasteiger partial charge is 0.200 e. The Morgan fingerprint density at radius 3 is 1.82 bits per heavy atom. The quantitative estimate of drug-likeness (QED) is 0.464. The van der Waals surface area contributed by atoms with E-state index in [1.807, 2.05) is 0 Å². The number of halogens is 5. The first-order valence-electron chi connectivity index (χ1n) is 5.82. The van der Waals surface area contributed by atoms with Crippen molar-refractivity contribution < 1.29 is 31.4 Å². The van der Waals surface area contributed by atoms with Crippen LogP contribution in [0.2, 0.25) is 0 Å². The average molecular weight is 336 g/mol. The highest BCUT2D eigenvalue weighted by atomic mass is 32.2. The molecule has 8 heteroatoms. The lowest BCUT2D eigenvalue weighted by atomic mass is 10.3. The highest BCUT2D eigenvalue weighted by Crippen LogP contribution is 2.41. The zero-order valence-electron chi connectivity index (χ0n) is 11.3. The zero-order chi connectivity index (χ0) is 16.4. The molecule has 2 rings (SSSR count). The Kier molecular flexibility index (Phi) is 4.80. The number of methoxy groups -OCH3 is 2. The van der Waals surface area contributed by atoms with Crippen molar-refractivity contribution in [3.05, 3.63) is 47.3 Å². The standard InChI is InChI=1S/C14H9F5O2S/c1-20-6-3-4-7(21-2)8(5-6)22-14-12(18)10(16)9(15)11(17)13(14)19/h3-5H,1-2H3. The molecule has 0 spiro atoms. The van der Waals surface area contributed by atoms with Gasteiger partial charge in [-0.15, -0.1) is 0 Å². The van der Waals surface area contributed by atoms with E-state index in [1.54, 1.807) is 0 Å². The van der Waals surface area contributed by atoms with Crippen molar-refractivity contribution in [2.75, 3.05) is 14.2 Å². The molecule has 0 N–H and O–H groups in total. The van der Waals surface area contributed by atoms with Gasteiger partial charge in [-0.25, -0.2) is 22.0 Å². The molecule has 0 radical (unpaired) electrons. The molecule has 0 aliphatic carbocycles. The van der Waals surface area contributed by atoms with E-state index in [0.29, 0.717) is 17.5 Å². The van der Waals surface area contributed by atoms with Gasteiger partial charge in [-0.2, -0.15) is 0 Å². The molecule has 118 valence electrons. The molecule has 0 atom stereocenters. The summed E-state index contributed by atoms with van der Waals surface area (Å²) in [6.45, 7) is 0. The molecule has 0 heterocycles. The van der Waals surface area contributed by atoms with Crippen molar-refractivity contribution in [2.45, 2.75) is 9.79 Å². The molecule has 2 aromatic rings. The van der Waals surface area contributed by atoms with Crippen molar-refractivity contribution in [3.8, 4) is 11.5 Å². The maximum atomic E-state index is 13.7. The maximum absolute atomic E-state index is 13.7. The minimum atomic E-state index is -2.20. The fourth-order valence-electron chi connectivity index (χ4n) is 1.65. The molecule has 0 bridgehead atoms. The van der Waals surface area contributed by atoms with Crippen LogP contribution >= 0.6 is 11.8 Å². The Bertz CT molecular complexity index is 692. The Labute approximate surface area is 126 Å². The SMILES string of the molecule is COc1ccc(OC)c(Sc2c(F)c(F)c(F)c(F)c2F)c1. The average Bonchev–Trinajstić information content (AvgIpc) is 2.54. The number of rotatable bonds is 4. The largest absolute Gasteiger partial charge is 0.497 e. The molecule has 0 fully saturated rings. The Balaban J connectivity index is 2.56. The lowest BCUT2D eigenvalue weighted by Crippen LogP contribution is -2.03. The second kappa shape index (κ2) is 6.43. The van der Waals surface area contributed by atoms with E-state index in [-0.39, 0.29) is 10.6 Å². The predicted octanol–water partition coefficient (Wildman–Crippen LogP) is 4.55. The van der Waals surface area contributed by atoms with Crippen LogP contribution in [0, 0.1) is 29.1 Å². The van der Waals surface area contributed by atoms with E-state index in [1.165, 1.54) is 32.4 Å². The Morgan fingerprint density at radius 1 is 0.773 bits per heavy atom. The van der Waals surface area contributed by atoms with Gasteiger partial charge in [0.15, 0.2) is 23.3 Å². The summed E-state index contributed by atoms with van der Waals surface area (Å²) in [7, 11) is 2.68. The molecule has 2 aromatic carbocycles. The molecule has 0 saturated carbocycles. The summed E-state index contributed by atoms with van der Waals surface area (Å²) < 4.78 is 76.8. The zero-order valence-corrected chi connectivity index (χ0v) is 12.2. The van der Waals surface area contributed by atoms with Crippen molar-refractivity contribution in [2.24, 2.45) is 0 Å². The molecule has 22 heavy (non-hydrogen) atoms. The lowest BCUT2D eigenvalue weighted by Gasteiger charge is -2.12. The van der Waals surface area contributed by atoms with Gasteiger partial charge < -0.3 is 9.47 Å². The van der Waals surface area contributed by atoms with E-state index in [2.05, 4.69) is 0 Å². The number of hydrogen-bond acceptors (Lipinski definition) is 3. The van der Waals surface area contributed by atoms with Gasteiger partial charge in [0, 0.05) is 0 Å². The minimum absolute atomic E-state index is 0.144. The summed E-state index contributed by atoms with van der Waals surface area (Å²) in [5, 5.41) is 0. The lowest BCUT2D eigenvalue weighted by molar-refractivity contribution is 0.360. The van der Waals surface area contributed by atoms with Gasteiger partial charge in [-0.3, -0.25) is 0 Å². The van der Waals surface area contributed by atoms with Crippen molar-refractivity contribution in [1.29, 1.82) is 0 Å². The first-order chi connectivity index (χ1) is 10.4. The van der Waals surface area contributed by atoms with Crippen LogP contribution in [0.15, 0.2) is 28.0 Å². The maximum Gasteiger partial charge on any atom is 0.200 e. The monoisotopic (exact) mass is 336 g/mol. The summed E-state index contributed by atoms with van der Waals surface area (Å²) in [6, 6.07) is 4.34. The van der Waals surface area contributed by atoms with Crippen LogP contribution < -0.4 is 9.47 Å². The molecular weight excluding hydrogens is 327 g/mol. The van der Waals surface area contributed by atoms with Crippen molar-refractivity contribution in [3.63, 3.8) is 0 Å². The van der Waals surface area contributed by atoms with Crippen LogP contribution in [0.25, 0.3) is 0 Å². The topological polar surface area (TPSA) is 18.5 Å². The van der Waals surface area contributed by atoms with Crippen LogP contribution in [0.3, 0.4) is 0 Å². The van der Waals surface area contributed by atoms with Crippen LogP contribution in [0.1, 0.15) is 0 Å². The second-order valence-corrected chi connectivity index (χ2v) is 5.07. The highest BCUT2D eigenvalue weighted by Gasteiger charge is 2.27. The molecule has 0 aromatic heterocycles. The van der Waals surface area contributed by atoms with E-state index in [0.717, 1.165) is 0 Å². The first kappa shape index (κ1) is 16.4. The van der Waals surface area contributed by atoms with Gasteiger partial charge in [-0.1, -0.05) is 11.8 Å². The van der Waals surface area contributed by atoms with Crippen molar-refractivity contribution >= 4 is 11.8 Å². The summed E-state index contributed by atoms with van der Waals surface area (Å²) >= 11 is 0.357. The minimum Gasteiger partial charge on any atom is -0.497 e. The first-order valence-corrected chi connectivity index (χ1v) is 6.63. The van der Waals surface area contributed by atoms with Gasteiger partial charge >= 0.3 is 0 Å².